The van der Waals surface area contributed by atoms with E-state index >= 15 is 0 Å². The normalized spacial score (nSPS) is 13.2. The average Bonchev–Trinajstić information content (AvgIpc) is 3.73. The van der Waals surface area contributed by atoms with Gasteiger partial charge in [-0.15, -0.1) is 0 Å². The fraction of sp³-hybridized carbons (Fsp3) is 0.231. The van der Waals surface area contributed by atoms with Gasteiger partial charge in [0.2, 0.25) is 5.91 Å². The molecule has 1 aromatic heterocycles. The molecular weight excluding hydrogens is 508 g/mol. The van der Waals surface area contributed by atoms with Crippen LogP contribution in [0.2, 0.25) is 0 Å². The van der Waals surface area contributed by atoms with Gasteiger partial charge in [-0.2, -0.15) is 14.0 Å². The number of rotatable bonds is 9. The van der Waals surface area contributed by atoms with Crippen LogP contribution in [-0.4, -0.2) is 28.5 Å². The topological polar surface area (TPSA) is 94.9 Å². The summed E-state index contributed by atoms with van der Waals surface area (Å²) in [5.41, 5.74) is 2.25. The number of carbonyl (C=O) groups excluding carboxylic acids is 2. The van der Waals surface area contributed by atoms with Crippen LogP contribution >= 0.6 is 11.8 Å². The molecule has 2 N–H and O–H groups in total. The molecule has 0 atom stereocenters. The molecule has 6 nitrogen and oxygen atoms in total. The number of thioether (sulfide) groups is 1. The Hall–Kier alpha value is -3.91. The summed E-state index contributed by atoms with van der Waals surface area (Å²) in [5, 5.41) is 10.1. The van der Waals surface area contributed by atoms with Crippen molar-refractivity contribution in [2.75, 3.05) is 5.32 Å². The summed E-state index contributed by atoms with van der Waals surface area (Å²) in [6, 6.07) is 17.2. The maximum atomic E-state index is 13.4. The molecule has 2 amide bonds. The third-order valence-electron chi connectivity index (χ3n) is 5.49. The quantitative estimate of drug-likeness (QED) is 0.268. The zero-order valence-electron chi connectivity index (χ0n) is 19.2. The molecule has 190 valence electrons. The molecule has 0 unspecified atom stereocenters. The number of benzene rings is 2. The van der Waals surface area contributed by atoms with Gasteiger partial charge in [0.25, 0.3) is 5.91 Å². The minimum Gasteiger partial charge on any atom is -0.347 e. The van der Waals surface area contributed by atoms with E-state index in [1.54, 1.807) is 30.3 Å². The van der Waals surface area contributed by atoms with Crippen molar-refractivity contribution in [2.45, 2.75) is 36.0 Å². The van der Waals surface area contributed by atoms with E-state index in [4.69, 9.17) is 5.26 Å². The third-order valence-corrected chi connectivity index (χ3v) is 6.45. The van der Waals surface area contributed by atoms with Crippen molar-refractivity contribution in [2.24, 2.45) is 5.92 Å². The fourth-order valence-corrected chi connectivity index (χ4v) is 4.01. The highest BCUT2D eigenvalue weighted by atomic mass is 32.2. The van der Waals surface area contributed by atoms with E-state index in [1.807, 2.05) is 6.07 Å². The van der Waals surface area contributed by atoms with Crippen LogP contribution in [-0.2, 0) is 11.3 Å². The zero-order valence-corrected chi connectivity index (χ0v) is 20.0. The van der Waals surface area contributed by atoms with Crippen molar-refractivity contribution in [1.29, 1.82) is 5.26 Å². The van der Waals surface area contributed by atoms with Gasteiger partial charge >= 0.3 is 11.7 Å². The molecule has 0 aliphatic heterocycles. The molecule has 11 heteroatoms. The molecule has 1 aliphatic rings. The van der Waals surface area contributed by atoms with E-state index in [2.05, 4.69) is 15.6 Å². The highest BCUT2D eigenvalue weighted by molar-refractivity contribution is 8.00. The first-order valence-electron chi connectivity index (χ1n) is 11.2. The van der Waals surface area contributed by atoms with Crippen molar-refractivity contribution in [3.63, 3.8) is 0 Å². The number of pyridine rings is 1. The minimum atomic E-state index is -4.22. The Morgan fingerprint density at radius 3 is 2.32 bits per heavy atom. The molecule has 0 bridgehead atoms. The lowest BCUT2D eigenvalue weighted by atomic mass is 10.1. The Balaban J connectivity index is 1.56. The first-order chi connectivity index (χ1) is 17.6. The predicted octanol–water partition coefficient (Wildman–Crippen LogP) is 5.85. The number of nitrogens with one attached hydrogen (secondary N) is 2. The van der Waals surface area contributed by atoms with Crippen LogP contribution in [0.5, 0.6) is 0 Å². The monoisotopic (exact) mass is 528 g/mol. The minimum absolute atomic E-state index is 0.0138. The maximum Gasteiger partial charge on any atom is 0.357 e. The Kier molecular flexibility index (Phi) is 7.78. The first kappa shape index (κ1) is 26.2. The lowest BCUT2D eigenvalue weighted by Crippen LogP contribution is -2.24. The van der Waals surface area contributed by atoms with Gasteiger partial charge in [-0.25, -0.2) is 13.8 Å². The Labute approximate surface area is 214 Å². The summed E-state index contributed by atoms with van der Waals surface area (Å²) in [6.07, 6.45) is -2.27. The van der Waals surface area contributed by atoms with Crippen molar-refractivity contribution < 1.29 is 27.2 Å². The number of hydrogen-bond donors (Lipinski definition) is 2. The molecule has 3 aromatic rings. The van der Waals surface area contributed by atoms with Crippen LogP contribution in [0.4, 0.5) is 23.4 Å². The lowest BCUT2D eigenvalue weighted by molar-refractivity contribution is -0.117. The summed E-state index contributed by atoms with van der Waals surface area (Å²) in [5.74, 6) is -0.681. The molecular formula is C26H20F4N4O2S. The highest BCUT2D eigenvalue weighted by Gasteiger charge is 2.41. The summed E-state index contributed by atoms with van der Waals surface area (Å²) in [4.78, 5) is 29.4. The van der Waals surface area contributed by atoms with Crippen LogP contribution < -0.4 is 10.6 Å². The van der Waals surface area contributed by atoms with Crippen LogP contribution in [0.15, 0.2) is 65.6 Å². The summed E-state index contributed by atoms with van der Waals surface area (Å²) in [7, 11) is 0. The molecule has 0 spiro atoms. The van der Waals surface area contributed by atoms with Gasteiger partial charge in [-0.05, 0) is 77.7 Å². The second-order valence-electron chi connectivity index (χ2n) is 8.37. The molecule has 37 heavy (non-hydrogen) atoms. The van der Waals surface area contributed by atoms with E-state index in [1.165, 1.54) is 30.3 Å². The van der Waals surface area contributed by atoms with Gasteiger partial charge in [0, 0.05) is 17.4 Å². The number of nitriles is 1. The number of aromatic nitrogens is 1. The molecule has 0 saturated heterocycles. The predicted molar refractivity (Wildman–Crippen MR) is 130 cm³/mol. The number of carbonyl (C=O) groups is 2. The Morgan fingerprint density at radius 1 is 1.05 bits per heavy atom. The first-order valence-corrected chi connectivity index (χ1v) is 12.0. The number of alkyl halides is 4. The summed E-state index contributed by atoms with van der Waals surface area (Å²) in [6.45, 7) is 0.171. The number of amides is 2. The molecule has 1 aliphatic carbocycles. The summed E-state index contributed by atoms with van der Waals surface area (Å²) >= 11 is -0.240. The Morgan fingerprint density at radius 2 is 1.73 bits per heavy atom. The van der Waals surface area contributed by atoms with E-state index in [-0.39, 0.29) is 46.5 Å². The van der Waals surface area contributed by atoms with Gasteiger partial charge in [0.1, 0.15) is 11.5 Å². The van der Waals surface area contributed by atoms with E-state index in [9.17, 15) is 27.2 Å². The van der Waals surface area contributed by atoms with Crippen LogP contribution in [0.3, 0.4) is 0 Å². The van der Waals surface area contributed by atoms with Crippen LogP contribution in [0, 0.1) is 17.2 Å². The van der Waals surface area contributed by atoms with Gasteiger partial charge < -0.3 is 10.6 Å². The lowest BCUT2D eigenvalue weighted by Gasteiger charge is -2.15. The van der Waals surface area contributed by atoms with E-state index in [0.29, 0.717) is 16.7 Å². The fourth-order valence-electron chi connectivity index (χ4n) is 3.34. The zero-order chi connectivity index (χ0) is 26.6. The summed E-state index contributed by atoms with van der Waals surface area (Å²) < 4.78 is 51.8. The highest BCUT2D eigenvalue weighted by Crippen LogP contribution is 2.41. The van der Waals surface area contributed by atoms with Gasteiger partial charge in [0.05, 0.1) is 11.6 Å². The van der Waals surface area contributed by atoms with Crippen molar-refractivity contribution in [3.8, 4) is 17.2 Å². The molecule has 0 radical (unpaired) electrons. The molecule has 1 heterocycles. The maximum absolute atomic E-state index is 13.4. The van der Waals surface area contributed by atoms with Crippen molar-refractivity contribution >= 4 is 29.4 Å². The van der Waals surface area contributed by atoms with Gasteiger partial charge in [-0.3, -0.25) is 9.59 Å². The van der Waals surface area contributed by atoms with Crippen LogP contribution in [0.25, 0.3) is 11.1 Å². The van der Waals surface area contributed by atoms with Crippen molar-refractivity contribution in [1.82, 2.24) is 10.3 Å². The Bertz CT molecular complexity index is 1340. The third kappa shape index (κ3) is 6.86. The molecule has 2 aromatic carbocycles. The number of anilines is 1. The second kappa shape index (κ2) is 11.0. The largest absolute Gasteiger partial charge is 0.357 e. The molecule has 1 fully saturated rings. The second-order valence-corrected chi connectivity index (χ2v) is 9.59. The van der Waals surface area contributed by atoms with Gasteiger partial charge in [0.15, 0.2) is 0 Å². The smallest absolute Gasteiger partial charge is 0.347 e. The standard InChI is InChI=1S/C26H20F4N4O2S/c27-25(28)26(29,30)37-20-9-7-17(8-10-20)19-11-21(33-22(12-19)34-23(35)18-5-6-18)24(36)32-14-16-3-1-15(13-31)2-4-16/h1-4,7-12,18,25H,5-6,14H2,(H,32,36)(H,33,34,35). The van der Waals surface area contributed by atoms with Crippen molar-refractivity contribution in [3.05, 3.63) is 77.5 Å². The molecule has 1 saturated carbocycles. The number of nitrogens with zero attached hydrogens (tertiary/aromatic N) is 2. The SMILES string of the molecule is N#Cc1ccc(CNC(=O)c2cc(-c3ccc(SC(F)(F)C(F)F)cc3)cc(NC(=O)C3CC3)n2)cc1. The number of hydrogen-bond acceptors (Lipinski definition) is 5. The van der Waals surface area contributed by atoms with Gasteiger partial charge in [-0.1, -0.05) is 24.3 Å². The molecule has 4 rings (SSSR count). The van der Waals surface area contributed by atoms with Crippen LogP contribution in [0.1, 0.15) is 34.5 Å². The number of halogens is 4. The average molecular weight is 529 g/mol. The van der Waals surface area contributed by atoms with E-state index in [0.717, 1.165) is 18.4 Å². The van der Waals surface area contributed by atoms with E-state index < -0.39 is 17.6 Å².